The standard InChI is InChI=1S/C17H14ClN3OS/c1-10-3-4-13-14(9-10)23-16(15(13)18)17(22)21-20-11(2)12-5-7-19-8-6-12/h3-9H,1-2H3,(H,21,22)/b20-11-. The molecule has 3 aromatic rings. The number of nitrogens with one attached hydrogen (secondary N) is 1. The van der Waals surface area contributed by atoms with Crippen molar-refractivity contribution in [2.24, 2.45) is 5.10 Å². The van der Waals surface area contributed by atoms with E-state index in [4.69, 9.17) is 11.6 Å². The molecule has 0 aliphatic rings. The molecule has 0 unspecified atom stereocenters. The number of carbonyl (C=O) groups is 1. The Morgan fingerprint density at radius 2 is 2.00 bits per heavy atom. The summed E-state index contributed by atoms with van der Waals surface area (Å²) in [6, 6.07) is 9.61. The number of hydrazone groups is 1. The first-order chi connectivity index (χ1) is 11.1. The van der Waals surface area contributed by atoms with E-state index in [1.807, 2.05) is 44.2 Å². The predicted octanol–water partition coefficient (Wildman–Crippen LogP) is 4.41. The molecule has 2 heterocycles. The maximum Gasteiger partial charge on any atom is 0.283 e. The van der Waals surface area contributed by atoms with Gasteiger partial charge >= 0.3 is 0 Å². The number of thiophene rings is 1. The summed E-state index contributed by atoms with van der Waals surface area (Å²) in [5.74, 6) is -0.303. The van der Waals surface area contributed by atoms with E-state index in [0.29, 0.717) is 15.6 Å². The Kier molecular flexibility index (Phi) is 4.41. The average molecular weight is 344 g/mol. The van der Waals surface area contributed by atoms with E-state index in [0.717, 1.165) is 21.2 Å². The summed E-state index contributed by atoms with van der Waals surface area (Å²) in [5, 5.41) is 5.50. The Morgan fingerprint density at radius 1 is 1.26 bits per heavy atom. The van der Waals surface area contributed by atoms with Crippen molar-refractivity contribution >= 4 is 44.6 Å². The number of hydrogen-bond donors (Lipinski definition) is 1. The van der Waals surface area contributed by atoms with Gasteiger partial charge in [0.05, 0.1) is 10.7 Å². The molecule has 0 radical (unpaired) electrons. The first kappa shape index (κ1) is 15.6. The lowest BCUT2D eigenvalue weighted by Crippen LogP contribution is -2.18. The van der Waals surface area contributed by atoms with Crippen molar-refractivity contribution in [3.8, 4) is 0 Å². The summed E-state index contributed by atoms with van der Waals surface area (Å²) >= 11 is 7.70. The lowest BCUT2D eigenvalue weighted by molar-refractivity contribution is 0.0959. The van der Waals surface area contributed by atoms with Crippen LogP contribution in [0.1, 0.15) is 27.7 Å². The first-order valence-electron chi connectivity index (χ1n) is 7.00. The molecule has 0 saturated carbocycles. The van der Waals surface area contributed by atoms with Gasteiger partial charge in [-0.3, -0.25) is 9.78 Å². The second-order valence-corrected chi connectivity index (χ2v) is 6.55. The number of rotatable bonds is 3. The number of amides is 1. The molecule has 0 aliphatic carbocycles. The molecule has 6 heteroatoms. The van der Waals surface area contributed by atoms with Crippen LogP contribution in [0.15, 0.2) is 47.8 Å². The van der Waals surface area contributed by atoms with Crippen LogP contribution in [-0.4, -0.2) is 16.6 Å². The quantitative estimate of drug-likeness (QED) is 0.565. The predicted molar refractivity (Wildman–Crippen MR) is 95.5 cm³/mol. The molecule has 0 aliphatic heterocycles. The van der Waals surface area contributed by atoms with Crippen LogP contribution >= 0.6 is 22.9 Å². The molecule has 0 atom stereocenters. The molecule has 1 amide bonds. The topological polar surface area (TPSA) is 54.4 Å². The number of carbonyl (C=O) groups excluding carboxylic acids is 1. The van der Waals surface area contributed by atoms with E-state index in [1.54, 1.807) is 12.4 Å². The van der Waals surface area contributed by atoms with Gasteiger partial charge in [-0.05, 0) is 37.6 Å². The fourth-order valence-electron chi connectivity index (χ4n) is 2.16. The zero-order chi connectivity index (χ0) is 16.4. The summed E-state index contributed by atoms with van der Waals surface area (Å²) in [6.07, 6.45) is 3.36. The van der Waals surface area contributed by atoms with Gasteiger partial charge in [-0.15, -0.1) is 11.3 Å². The van der Waals surface area contributed by atoms with Crippen molar-refractivity contribution in [1.29, 1.82) is 0 Å². The smallest absolute Gasteiger partial charge is 0.266 e. The number of hydrogen-bond acceptors (Lipinski definition) is 4. The molecule has 0 bridgehead atoms. The third-order valence-electron chi connectivity index (χ3n) is 3.41. The second-order valence-electron chi connectivity index (χ2n) is 5.12. The fraction of sp³-hybridized carbons (Fsp3) is 0.118. The molecule has 0 spiro atoms. The highest BCUT2D eigenvalue weighted by molar-refractivity contribution is 7.21. The number of halogens is 1. The van der Waals surface area contributed by atoms with Gasteiger partial charge in [-0.25, -0.2) is 5.43 Å². The summed E-state index contributed by atoms with van der Waals surface area (Å²) in [5.41, 5.74) is 5.31. The van der Waals surface area contributed by atoms with Crippen LogP contribution in [0.25, 0.3) is 10.1 Å². The third kappa shape index (κ3) is 3.25. The Bertz CT molecular complexity index is 903. The molecular formula is C17H14ClN3OS. The van der Waals surface area contributed by atoms with Crippen LogP contribution in [0.3, 0.4) is 0 Å². The maximum absolute atomic E-state index is 12.4. The van der Waals surface area contributed by atoms with E-state index in [1.165, 1.54) is 11.3 Å². The van der Waals surface area contributed by atoms with Crippen molar-refractivity contribution in [3.05, 3.63) is 63.8 Å². The van der Waals surface area contributed by atoms with Gasteiger partial charge in [-0.2, -0.15) is 5.10 Å². The molecule has 3 rings (SSSR count). The van der Waals surface area contributed by atoms with Crippen molar-refractivity contribution < 1.29 is 4.79 Å². The van der Waals surface area contributed by atoms with Gasteiger partial charge in [-0.1, -0.05) is 23.7 Å². The lowest BCUT2D eigenvalue weighted by atomic mass is 10.2. The summed E-state index contributed by atoms with van der Waals surface area (Å²) in [7, 11) is 0. The van der Waals surface area contributed by atoms with Crippen molar-refractivity contribution in [3.63, 3.8) is 0 Å². The van der Waals surface area contributed by atoms with Crippen LogP contribution in [0.2, 0.25) is 5.02 Å². The zero-order valence-electron chi connectivity index (χ0n) is 12.6. The van der Waals surface area contributed by atoms with Crippen LogP contribution in [0, 0.1) is 6.92 Å². The number of pyridine rings is 1. The van der Waals surface area contributed by atoms with E-state index in [9.17, 15) is 4.79 Å². The van der Waals surface area contributed by atoms with Gasteiger partial charge in [0.25, 0.3) is 5.91 Å². The van der Waals surface area contributed by atoms with Crippen LogP contribution < -0.4 is 5.43 Å². The molecule has 23 heavy (non-hydrogen) atoms. The summed E-state index contributed by atoms with van der Waals surface area (Å²) in [4.78, 5) is 16.8. The minimum absolute atomic E-state index is 0.303. The Labute approximate surface area is 142 Å². The lowest BCUT2D eigenvalue weighted by Gasteiger charge is -2.01. The maximum atomic E-state index is 12.4. The normalized spacial score (nSPS) is 11.7. The molecule has 4 nitrogen and oxygen atoms in total. The number of benzene rings is 1. The summed E-state index contributed by atoms with van der Waals surface area (Å²) < 4.78 is 0.995. The van der Waals surface area contributed by atoms with E-state index in [2.05, 4.69) is 15.5 Å². The van der Waals surface area contributed by atoms with Crippen molar-refractivity contribution in [2.45, 2.75) is 13.8 Å². The van der Waals surface area contributed by atoms with Gasteiger partial charge in [0.2, 0.25) is 0 Å². The molecule has 0 saturated heterocycles. The Hall–Kier alpha value is -2.24. The third-order valence-corrected chi connectivity index (χ3v) is 5.07. The fourth-order valence-corrected chi connectivity index (χ4v) is 3.67. The first-order valence-corrected chi connectivity index (χ1v) is 8.19. The van der Waals surface area contributed by atoms with Gasteiger partial charge in [0, 0.05) is 28.0 Å². The number of aryl methyl sites for hydroxylation is 1. The second kappa shape index (κ2) is 6.48. The highest BCUT2D eigenvalue weighted by atomic mass is 35.5. The largest absolute Gasteiger partial charge is 0.283 e. The average Bonchev–Trinajstić information content (AvgIpc) is 2.89. The summed E-state index contributed by atoms with van der Waals surface area (Å²) in [6.45, 7) is 3.83. The molecule has 2 aromatic heterocycles. The van der Waals surface area contributed by atoms with Crippen LogP contribution in [0.5, 0.6) is 0 Å². The van der Waals surface area contributed by atoms with E-state index >= 15 is 0 Å². The highest BCUT2D eigenvalue weighted by Crippen LogP contribution is 2.35. The minimum atomic E-state index is -0.303. The number of aromatic nitrogens is 1. The van der Waals surface area contributed by atoms with E-state index < -0.39 is 0 Å². The molecule has 1 N–H and O–H groups in total. The van der Waals surface area contributed by atoms with Crippen LogP contribution in [-0.2, 0) is 0 Å². The van der Waals surface area contributed by atoms with Crippen molar-refractivity contribution in [1.82, 2.24) is 10.4 Å². The van der Waals surface area contributed by atoms with Gasteiger partial charge < -0.3 is 0 Å². The van der Waals surface area contributed by atoms with E-state index in [-0.39, 0.29) is 5.91 Å². The molecule has 0 fully saturated rings. The van der Waals surface area contributed by atoms with Gasteiger partial charge in [0.15, 0.2) is 0 Å². The number of nitrogens with zero attached hydrogens (tertiary/aromatic N) is 2. The zero-order valence-corrected chi connectivity index (χ0v) is 14.2. The van der Waals surface area contributed by atoms with Crippen LogP contribution in [0.4, 0.5) is 0 Å². The Morgan fingerprint density at radius 3 is 2.74 bits per heavy atom. The Balaban J connectivity index is 1.85. The molecule has 1 aromatic carbocycles. The highest BCUT2D eigenvalue weighted by Gasteiger charge is 2.17. The van der Waals surface area contributed by atoms with Gasteiger partial charge in [0.1, 0.15) is 4.88 Å². The SMILES string of the molecule is C/C(=N/NC(=O)c1sc2cc(C)ccc2c1Cl)c1ccncc1. The van der Waals surface area contributed by atoms with Crippen molar-refractivity contribution in [2.75, 3.05) is 0 Å². The minimum Gasteiger partial charge on any atom is -0.266 e. The molecule has 116 valence electrons. The monoisotopic (exact) mass is 343 g/mol. The molecular weight excluding hydrogens is 330 g/mol. The number of fused-ring (bicyclic) bond motifs is 1.